The third-order valence-electron chi connectivity index (χ3n) is 4.23. The molecule has 6 nitrogen and oxygen atoms in total. The van der Waals surface area contributed by atoms with Crippen molar-refractivity contribution >= 4 is 51.9 Å². The van der Waals surface area contributed by atoms with E-state index < -0.39 is 23.6 Å². The van der Waals surface area contributed by atoms with Gasteiger partial charge in [-0.15, -0.1) is 0 Å². The first-order valence-corrected chi connectivity index (χ1v) is 10.2. The van der Waals surface area contributed by atoms with Gasteiger partial charge in [-0.05, 0) is 56.7 Å². The second-order valence-corrected chi connectivity index (χ2v) is 8.74. The third kappa shape index (κ3) is 5.90. The average Bonchev–Trinajstić information content (AvgIpc) is 3.02. The first-order valence-electron chi connectivity index (χ1n) is 9.43. The van der Waals surface area contributed by atoms with Crippen LogP contribution >= 0.6 is 23.2 Å². The number of amides is 2. The Bertz CT molecular complexity index is 1070. The molecule has 0 spiro atoms. The topological polar surface area (TPSA) is 83.2 Å². The lowest BCUT2D eigenvalue weighted by atomic mass is 10.1. The van der Waals surface area contributed by atoms with E-state index >= 15 is 0 Å². The minimum atomic E-state index is -0.894. The van der Waals surface area contributed by atoms with Gasteiger partial charge in [-0.3, -0.25) is 4.79 Å². The van der Waals surface area contributed by atoms with Crippen molar-refractivity contribution in [2.45, 2.75) is 38.8 Å². The lowest BCUT2D eigenvalue weighted by Gasteiger charge is -2.23. The Labute approximate surface area is 184 Å². The molecule has 0 saturated carbocycles. The number of ether oxygens (including phenoxy) is 1. The molecule has 2 amide bonds. The summed E-state index contributed by atoms with van der Waals surface area (Å²) in [6.07, 6.45) is -0.477. The Morgan fingerprint density at radius 2 is 1.83 bits per heavy atom. The summed E-state index contributed by atoms with van der Waals surface area (Å²) >= 11 is 12.3. The number of hydrogen-bond acceptors (Lipinski definition) is 3. The van der Waals surface area contributed by atoms with Gasteiger partial charge >= 0.3 is 6.09 Å². The van der Waals surface area contributed by atoms with Crippen LogP contribution in [0.1, 0.15) is 26.3 Å². The van der Waals surface area contributed by atoms with Crippen LogP contribution in [0.3, 0.4) is 0 Å². The molecule has 30 heavy (non-hydrogen) atoms. The molecule has 0 unspecified atom stereocenters. The molecule has 0 radical (unpaired) electrons. The molecular formula is C22H23Cl2N3O3. The van der Waals surface area contributed by atoms with Gasteiger partial charge in [0.15, 0.2) is 0 Å². The smallest absolute Gasteiger partial charge is 0.408 e. The van der Waals surface area contributed by atoms with Crippen LogP contribution in [0.15, 0.2) is 48.5 Å². The maximum Gasteiger partial charge on any atom is 0.408 e. The van der Waals surface area contributed by atoms with E-state index in [4.69, 9.17) is 27.9 Å². The van der Waals surface area contributed by atoms with Crippen molar-refractivity contribution in [3.8, 4) is 0 Å². The van der Waals surface area contributed by atoms with Gasteiger partial charge in [-0.1, -0.05) is 41.4 Å². The van der Waals surface area contributed by atoms with E-state index in [0.29, 0.717) is 15.9 Å². The zero-order valence-electron chi connectivity index (χ0n) is 16.9. The van der Waals surface area contributed by atoms with Crippen molar-refractivity contribution in [3.05, 3.63) is 64.1 Å². The molecule has 0 aliphatic rings. The van der Waals surface area contributed by atoms with Gasteiger partial charge in [0.1, 0.15) is 17.5 Å². The number of carbonyl (C=O) groups excluding carboxylic acids is 2. The summed E-state index contributed by atoms with van der Waals surface area (Å²) in [5.41, 5.74) is 0.877. The molecule has 0 aliphatic heterocycles. The van der Waals surface area contributed by atoms with E-state index in [1.807, 2.05) is 18.2 Å². The second kappa shape index (κ2) is 8.98. The van der Waals surface area contributed by atoms with E-state index in [2.05, 4.69) is 15.6 Å². The molecule has 1 heterocycles. The second-order valence-electron chi connectivity index (χ2n) is 7.90. The molecule has 0 aliphatic carbocycles. The number of alkyl carbamates (subject to hydrolysis) is 1. The SMILES string of the molecule is CC(C)(C)OC(=O)N[C@@H](Cc1ccccc1Cl)C(=O)Nc1cc2cc(Cl)ccc2[nH]1. The highest BCUT2D eigenvalue weighted by Gasteiger charge is 2.26. The van der Waals surface area contributed by atoms with Gasteiger partial charge in [0.25, 0.3) is 0 Å². The molecule has 0 bridgehead atoms. The Morgan fingerprint density at radius 1 is 1.10 bits per heavy atom. The number of aromatic nitrogens is 1. The molecule has 0 fully saturated rings. The zero-order chi connectivity index (χ0) is 21.9. The Kier molecular flexibility index (Phi) is 6.58. The predicted molar refractivity (Wildman–Crippen MR) is 120 cm³/mol. The Morgan fingerprint density at radius 3 is 2.53 bits per heavy atom. The minimum absolute atomic E-state index is 0.205. The monoisotopic (exact) mass is 447 g/mol. The van der Waals surface area contributed by atoms with Gasteiger partial charge in [0.05, 0.1) is 0 Å². The zero-order valence-corrected chi connectivity index (χ0v) is 18.4. The first kappa shape index (κ1) is 22.0. The van der Waals surface area contributed by atoms with Crippen molar-refractivity contribution < 1.29 is 14.3 Å². The summed E-state index contributed by atoms with van der Waals surface area (Å²) in [4.78, 5) is 28.4. The number of hydrogen-bond donors (Lipinski definition) is 3. The standard InChI is InChI=1S/C22H23Cl2N3O3/c1-22(2,3)30-21(29)26-18(11-13-6-4-5-7-16(13)24)20(28)27-19-12-14-10-15(23)8-9-17(14)25-19/h4-10,12,18,25H,11H2,1-3H3,(H,26,29)(H,27,28)/t18-/m0/s1. The molecule has 158 valence electrons. The van der Waals surface area contributed by atoms with Crippen molar-refractivity contribution in [3.63, 3.8) is 0 Å². The van der Waals surface area contributed by atoms with Crippen molar-refractivity contribution in [2.24, 2.45) is 0 Å². The molecular weight excluding hydrogens is 425 g/mol. The van der Waals surface area contributed by atoms with Gasteiger partial charge in [-0.2, -0.15) is 0 Å². The molecule has 1 atom stereocenters. The number of halogens is 2. The van der Waals surface area contributed by atoms with Crippen LogP contribution in [0.5, 0.6) is 0 Å². The van der Waals surface area contributed by atoms with Crippen LogP contribution in [0, 0.1) is 0 Å². The fourth-order valence-electron chi connectivity index (χ4n) is 2.93. The van der Waals surface area contributed by atoms with Crippen LogP contribution in [-0.2, 0) is 16.0 Å². The summed E-state index contributed by atoms with van der Waals surface area (Å²) < 4.78 is 5.31. The lowest BCUT2D eigenvalue weighted by molar-refractivity contribution is -0.118. The van der Waals surface area contributed by atoms with Crippen LogP contribution in [0.4, 0.5) is 10.6 Å². The fraction of sp³-hybridized carbons (Fsp3) is 0.273. The summed E-state index contributed by atoms with van der Waals surface area (Å²) in [6, 6.07) is 13.4. The van der Waals surface area contributed by atoms with Gasteiger partial charge in [-0.25, -0.2) is 4.79 Å². The largest absolute Gasteiger partial charge is 0.444 e. The highest BCUT2D eigenvalue weighted by molar-refractivity contribution is 6.31. The molecule has 8 heteroatoms. The van der Waals surface area contributed by atoms with Crippen molar-refractivity contribution in [1.29, 1.82) is 0 Å². The highest BCUT2D eigenvalue weighted by Crippen LogP contribution is 2.23. The Hall–Kier alpha value is -2.70. The molecule has 2 aromatic carbocycles. The molecule has 0 saturated heterocycles. The van der Waals surface area contributed by atoms with Gasteiger partial charge in [0, 0.05) is 27.4 Å². The highest BCUT2D eigenvalue weighted by atomic mass is 35.5. The number of aromatic amines is 1. The third-order valence-corrected chi connectivity index (χ3v) is 4.83. The van der Waals surface area contributed by atoms with Crippen LogP contribution in [0.25, 0.3) is 10.9 Å². The number of benzene rings is 2. The maximum atomic E-state index is 13.0. The van der Waals surface area contributed by atoms with E-state index in [1.165, 1.54) is 0 Å². The number of anilines is 1. The summed E-state index contributed by atoms with van der Waals surface area (Å²) in [7, 11) is 0. The van der Waals surface area contributed by atoms with E-state index in [1.54, 1.807) is 51.1 Å². The minimum Gasteiger partial charge on any atom is -0.444 e. The first-order chi connectivity index (χ1) is 14.1. The van der Waals surface area contributed by atoms with E-state index in [0.717, 1.165) is 16.5 Å². The molecule has 1 aromatic heterocycles. The lowest BCUT2D eigenvalue weighted by Crippen LogP contribution is -2.47. The predicted octanol–water partition coefficient (Wildman–Crippen LogP) is 5.55. The Balaban J connectivity index is 1.80. The molecule has 3 aromatic rings. The van der Waals surface area contributed by atoms with Crippen LogP contribution in [0.2, 0.25) is 10.0 Å². The van der Waals surface area contributed by atoms with Crippen LogP contribution in [-0.4, -0.2) is 28.6 Å². The number of H-pyrrole nitrogens is 1. The average molecular weight is 448 g/mol. The quantitative estimate of drug-likeness (QED) is 0.479. The van der Waals surface area contributed by atoms with E-state index in [-0.39, 0.29) is 6.42 Å². The van der Waals surface area contributed by atoms with Gasteiger partial charge < -0.3 is 20.4 Å². The van der Waals surface area contributed by atoms with Crippen molar-refractivity contribution in [2.75, 3.05) is 5.32 Å². The number of fused-ring (bicyclic) bond motifs is 1. The number of carbonyl (C=O) groups is 2. The summed E-state index contributed by atoms with van der Waals surface area (Å²) in [5, 5.41) is 7.43. The fourth-order valence-corrected chi connectivity index (χ4v) is 3.33. The summed E-state index contributed by atoms with van der Waals surface area (Å²) in [6.45, 7) is 5.27. The maximum absolute atomic E-state index is 13.0. The van der Waals surface area contributed by atoms with Gasteiger partial charge in [0.2, 0.25) is 5.91 Å². The van der Waals surface area contributed by atoms with E-state index in [9.17, 15) is 9.59 Å². The normalized spacial score (nSPS) is 12.4. The number of rotatable bonds is 5. The summed E-state index contributed by atoms with van der Waals surface area (Å²) in [5.74, 6) is 0.0887. The molecule has 3 rings (SSSR count). The van der Waals surface area contributed by atoms with Crippen LogP contribution < -0.4 is 10.6 Å². The molecule has 3 N–H and O–H groups in total. The number of nitrogens with one attached hydrogen (secondary N) is 3. The van der Waals surface area contributed by atoms with Crippen molar-refractivity contribution in [1.82, 2.24) is 10.3 Å².